The average molecular weight is 257 g/mol. The van der Waals surface area contributed by atoms with Gasteiger partial charge in [0.1, 0.15) is 11.9 Å². The molecule has 0 saturated heterocycles. The fourth-order valence-corrected chi connectivity index (χ4v) is 2.83. The van der Waals surface area contributed by atoms with E-state index in [0.29, 0.717) is 11.8 Å². The van der Waals surface area contributed by atoms with Crippen LogP contribution in [0.15, 0.2) is 24.3 Å². The van der Waals surface area contributed by atoms with E-state index in [1.165, 1.54) is 5.56 Å². The molecule has 0 aromatic heterocycles. The number of nitriles is 1. The monoisotopic (exact) mass is 257 g/mol. The molecular weight excluding hydrogens is 234 g/mol. The molecule has 2 heteroatoms. The number of para-hydroxylation sites is 1. The van der Waals surface area contributed by atoms with Crippen molar-refractivity contribution in [1.82, 2.24) is 0 Å². The number of benzene rings is 1. The molecule has 0 aliphatic heterocycles. The first-order valence-corrected chi connectivity index (χ1v) is 7.27. The Hall–Kier alpha value is -1.49. The van der Waals surface area contributed by atoms with E-state index in [4.69, 9.17) is 4.74 Å². The van der Waals surface area contributed by atoms with Gasteiger partial charge in [-0.1, -0.05) is 39.0 Å². The maximum atomic E-state index is 9.27. The number of hydrogen-bond donors (Lipinski definition) is 0. The highest BCUT2D eigenvalue weighted by Crippen LogP contribution is 2.34. The molecule has 3 unspecified atom stereocenters. The summed E-state index contributed by atoms with van der Waals surface area (Å²) >= 11 is 0. The summed E-state index contributed by atoms with van der Waals surface area (Å²) in [7, 11) is 0. The standard InChI is InChI=1S/C17H23NO/c1-12(2)15-6-4-5-7-16(15)19-17-10-13(3)8-9-14(17)11-18/h4-7,12-14,17H,8-10H2,1-3H3. The molecule has 0 radical (unpaired) electrons. The minimum absolute atomic E-state index is 0.0384. The van der Waals surface area contributed by atoms with Gasteiger partial charge in [-0.3, -0.25) is 0 Å². The van der Waals surface area contributed by atoms with Gasteiger partial charge in [0.05, 0.1) is 12.0 Å². The van der Waals surface area contributed by atoms with Gasteiger partial charge in [-0.2, -0.15) is 5.26 Å². The lowest BCUT2D eigenvalue weighted by atomic mass is 9.81. The summed E-state index contributed by atoms with van der Waals surface area (Å²) in [5, 5.41) is 9.27. The van der Waals surface area contributed by atoms with E-state index < -0.39 is 0 Å². The molecule has 2 rings (SSSR count). The molecule has 1 aliphatic rings. The number of rotatable bonds is 3. The van der Waals surface area contributed by atoms with E-state index in [9.17, 15) is 5.26 Å². The third-order valence-electron chi connectivity index (χ3n) is 4.04. The van der Waals surface area contributed by atoms with Crippen LogP contribution in [0.25, 0.3) is 0 Å². The van der Waals surface area contributed by atoms with Gasteiger partial charge in [0.25, 0.3) is 0 Å². The maximum absolute atomic E-state index is 9.27. The fraction of sp³-hybridized carbons (Fsp3) is 0.588. The molecule has 102 valence electrons. The molecule has 1 aromatic carbocycles. The first-order valence-electron chi connectivity index (χ1n) is 7.27. The average Bonchev–Trinajstić information content (AvgIpc) is 2.39. The summed E-state index contributed by atoms with van der Waals surface area (Å²) in [4.78, 5) is 0. The fourth-order valence-electron chi connectivity index (χ4n) is 2.83. The second-order valence-electron chi connectivity index (χ2n) is 6.00. The Kier molecular flexibility index (Phi) is 4.47. The topological polar surface area (TPSA) is 33.0 Å². The summed E-state index contributed by atoms with van der Waals surface area (Å²) < 4.78 is 6.20. The summed E-state index contributed by atoms with van der Waals surface area (Å²) in [6, 6.07) is 10.6. The van der Waals surface area contributed by atoms with Crippen LogP contribution in [0.1, 0.15) is 51.5 Å². The SMILES string of the molecule is CC1CCC(C#N)C(Oc2ccccc2C(C)C)C1. The normalized spacial score (nSPS) is 27.0. The molecule has 1 saturated carbocycles. The Labute approximate surface area is 116 Å². The number of ether oxygens (including phenoxy) is 1. The molecule has 0 heterocycles. The van der Waals surface area contributed by atoms with Crippen LogP contribution in [0, 0.1) is 23.2 Å². The lowest BCUT2D eigenvalue weighted by molar-refractivity contribution is 0.0944. The van der Waals surface area contributed by atoms with Crippen molar-refractivity contribution in [1.29, 1.82) is 5.26 Å². The molecule has 1 aromatic rings. The lowest BCUT2D eigenvalue weighted by Gasteiger charge is -2.32. The third-order valence-corrected chi connectivity index (χ3v) is 4.04. The molecule has 0 bridgehead atoms. The second-order valence-corrected chi connectivity index (χ2v) is 6.00. The summed E-state index contributed by atoms with van der Waals surface area (Å²) in [6.07, 6.45) is 3.15. The molecular formula is C17H23NO. The molecule has 1 fully saturated rings. The van der Waals surface area contributed by atoms with Crippen LogP contribution >= 0.6 is 0 Å². The molecule has 1 aliphatic carbocycles. The van der Waals surface area contributed by atoms with E-state index in [1.54, 1.807) is 0 Å². The molecule has 0 spiro atoms. The van der Waals surface area contributed by atoms with Crippen molar-refractivity contribution in [2.45, 2.75) is 52.1 Å². The van der Waals surface area contributed by atoms with Crippen molar-refractivity contribution in [3.8, 4) is 11.8 Å². The van der Waals surface area contributed by atoms with Gasteiger partial charge < -0.3 is 4.74 Å². The van der Waals surface area contributed by atoms with Gasteiger partial charge in [0.2, 0.25) is 0 Å². The predicted molar refractivity (Wildman–Crippen MR) is 77.1 cm³/mol. The number of nitrogens with zero attached hydrogens (tertiary/aromatic N) is 1. The molecule has 2 nitrogen and oxygen atoms in total. The Balaban J connectivity index is 2.17. The van der Waals surface area contributed by atoms with Crippen LogP contribution in [-0.2, 0) is 0 Å². The van der Waals surface area contributed by atoms with Crippen LogP contribution in [-0.4, -0.2) is 6.10 Å². The molecule has 19 heavy (non-hydrogen) atoms. The van der Waals surface area contributed by atoms with Crippen molar-refractivity contribution < 1.29 is 4.74 Å². The zero-order valence-corrected chi connectivity index (χ0v) is 12.1. The van der Waals surface area contributed by atoms with Crippen LogP contribution < -0.4 is 4.74 Å². The largest absolute Gasteiger partial charge is 0.489 e. The van der Waals surface area contributed by atoms with E-state index in [-0.39, 0.29) is 12.0 Å². The summed E-state index contributed by atoms with van der Waals surface area (Å²) in [6.45, 7) is 6.60. The van der Waals surface area contributed by atoms with Crippen molar-refractivity contribution in [3.05, 3.63) is 29.8 Å². The molecule has 0 N–H and O–H groups in total. The predicted octanol–water partition coefficient (Wildman–Crippen LogP) is 4.52. The Morgan fingerprint density at radius 1 is 1.26 bits per heavy atom. The minimum Gasteiger partial charge on any atom is -0.489 e. The van der Waals surface area contributed by atoms with Gasteiger partial charge in [0, 0.05) is 0 Å². The first kappa shape index (κ1) is 13.9. The van der Waals surface area contributed by atoms with Crippen molar-refractivity contribution in [2.24, 2.45) is 11.8 Å². The maximum Gasteiger partial charge on any atom is 0.123 e. The van der Waals surface area contributed by atoms with Crippen molar-refractivity contribution >= 4 is 0 Å². The van der Waals surface area contributed by atoms with Crippen molar-refractivity contribution in [2.75, 3.05) is 0 Å². The van der Waals surface area contributed by atoms with Gasteiger partial charge in [-0.15, -0.1) is 0 Å². The quantitative estimate of drug-likeness (QED) is 0.797. The summed E-state index contributed by atoms with van der Waals surface area (Å²) in [5.74, 6) is 2.09. The van der Waals surface area contributed by atoms with E-state index in [2.05, 4.69) is 32.9 Å². The van der Waals surface area contributed by atoms with Gasteiger partial charge in [-0.25, -0.2) is 0 Å². The van der Waals surface area contributed by atoms with Gasteiger partial charge >= 0.3 is 0 Å². The summed E-state index contributed by atoms with van der Waals surface area (Å²) in [5.41, 5.74) is 1.23. The van der Waals surface area contributed by atoms with Gasteiger partial charge in [0.15, 0.2) is 0 Å². The smallest absolute Gasteiger partial charge is 0.123 e. The minimum atomic E-state index is 0.0384. The van der Waals surface area contributed by atoms with E-state index in [1.807, 2.05) is 18.2 Å². The van der Waals surface area contributed by atoms with Gasteiger partial charge in [-0.05, 0) is 42.7 Å². The highest BCUT2D eigenvalue weighted by atomic mass is 16.5. The van der Waals surface area contributed by atoms with E-state index >= 15 is 0 Å². The van der Waals surface area contributed by atoms with Crippen LogP contribution in [0.5, 0.6) is 5.75 Å². The van der Waals surface area contributed by atoms with Crippen LogP contribution in [0.4, 0.5) is 0 Å². The molecule has 3 atom stereocenters. The second kappa shape index (κ2) is 6.10. The Bertz CT molecular complexity index is 461. The van der Waals surface area contributed by atoms with E-state index in [0.717, 1.165) is 25.0 Å². The van der Waals surface area contributed by atoms with Crippen molar-refractivity contribution in [3.63, 3.8) is 0 Å². The number of hydrogen-bond acceptors (Lipinski definition) is 2. The van der Waals surface area contributed by atoms with Crippen LogP contribution in [0.2, 0.25) is 0 Å². The molecule has 0 amide bonds. The first-order chi connectivity index (χ1) is 9.11. The lowest BCUT2D eigenvalue weighted by Crippen LogP contribution is -2.32. The highest BCUT2D eigenvalue weighted by Gasteiger charge is 2.30. The zero-order chi connectivity index (χ0) is 13.8. The Morgan fingerprint density at radius 3 is 2.68 bits per heavy atom. The van der Waals surface area contributed by atoms with Crippen LogP contribution in [0.3, 0.4) is 0 Å². The Morgan fingerprint density at radius 2 is 2.00 bits per heavy atom. The third kappa shape index (κ3) is 3.29. The zero-order valence-electron chi connectivity index (χ0n) is 12.1. The highest BCUT2D eigenvalue weighted by molar-refractivity contribution is 5.35.